The minimum atomic E-state index is -4.58. The molecule has 0 aliphatic carbocycles. The van der Waals surface area contributed by atoms with E-state index < -0.39 is 21.7 Å². The van der Waals surface area contributed by atoms with Gasteiger partial charge in [-0.2, -0.15) is 13.2 Å². The summed E-state index contributed by atoms with van der Waals surface area (Å²) in [5, 5.41) is 10.3. The minimum absolute atomic E-state index is 0.148. The highest BCUT2D eigenvalue weighted by molar-refractivity contribution is 6.34. The number of rotatable bonds is 2. The van der Waals surface area contributed by atoms with Crippen molar-refractivity contribution in [1.29, 1.82) is 0 Å². The van der Waals surface area contributed by atoms with Gasteiger partial charge in [0.1, 0.15) is 0 Å². The summed E-state index contributed by atoms with van der Waals surface area (Å²) in [6.45, 7) is 1.60. The number of nitro groups is 1. The summed E-state index contributed by atoms with van der Waals surface area (Å²) in [5.41, 5.74) is -0.238. The number of nitro benzene ring substituents is 1. The van der Waals surface area contributed by atoms with E-state index >= 15 is 0 Å². The van der Waals surface area contributed by atoms with Crippen LogP contribution in [0, 0.1) is 17.0 Å². The molecule has 0 fully saturated rings. The quantitative estimate of drug-likeness (QED) is 0.561. The second-order valence-electron chi connectivity index (χ2n) is 4.42. The summed E-state index contributed by atoms with van der Waals surface area (Å²) in [4.78, 5) is 10.2. The van der Waals surface area contributed by atoms with Gasteiger partial charge in [-0.1, -0.05) is 29.8 Å². The van der Waals surface area contributed by atoms with Gasteiger partial charge in [-0.3, -0.25) is 10.1 Å². The maximum Gasteiger partial charge on any atom is 0.417 e. The molecule has 0 aliphatic heterocycles. The number of aryl methyl sites for hydroxylation is 1. The van der Waals surface area contributed by atoms with E-state index in [1.165, 1.54) is 30.3 Å². The van der Waals surface area contributed by atoms with Gasteiger partial charge in [0.2, 0.25) is 0 Å². The minimum Gasteiger partial charge on any atom is -0.258 e. The van der Waals surface area contributed by atoms with Crippen LogP contribution in [-0.4, -0.2) is 4.92 Å². The van der Waals surface area contributed by atoms with Crippen LogP contribution in [0.15, 0.2) is 36.4 Å². The molecule has 0 amide bonds. The zero-order valence-electron chi connectivity index (χ0n) is 10.7. The summed E-state index contributed by atoms with van der Waals surface area (Å²) in [7, 11) is 0. The lowest BCUT2D eigenvalue weighted by molar-refractivity contribution is -0.384. The standard InChI is InChI=1S/C14H9ClF3NO2/c1-8-5-6-11(14(16,17)18)13(15)12(8)9-3-2-4-10(7-9)19(20)21/h2-7H,1H3. The maximum absolute atomic E-state index is 12.9. The van der Waals surface area contributed by atoms with Crippen molar-refractivity contribution in [3.8, 4) is 11.1 Å². The van der Waals surface area contributed by atoms with Crippen LogP contribution in [0.2, 0.25) is 5.02 Å². The number of alkyl halides is 3. The average Bonchev–Trinajstić information content (AvgIpc) is 2.37. The van der Waals surface area contributed by atoms with E-state index in [4.69, 9.17) is 11.6 Å². The van der Waals surface area contributed by atoms with Gasteiger partial charge in [-0.25, -0.2) is 0 Å². The molecule has 0 saturated heterocycles. The third kappa shape index (κ3) is 3.00. The van der Waals surface area contributed by atoms with Crippen LogP contribution in [0.1, 0.15) is 11.1 Å². The Hall–Kier alpha value is -2.08. The van der Waals surface area contributed by atoms with Gasteiger partial charge in [0.05, 0.1) is 15.5 Å². The van der Waals surface area contributed by atoms with E-state index in [1.54, 1.807) is 6.92 Å². The van der Waals surface area contributed by atoms with E-state index in [1.807, 2.05) is 0 Å². The molecule has 2 rings (SSSR count). The average molecular weight is 316 g/mol. The summed E-state index contributed by atoms with van der Waals surface area (Å²) in [6.07, 6.45) is -4.58. The van der Waals surface area contributed by atoms with Gasteiger partial charge in [0, 0.05) is 17.7 Å². The molecule has 2 aromatic rings. The predicted molar refractivity (Wildman–Crippen MR) is 73.3 cm³/mol. The molecule has 0 unspecified atom stereocenters. The van der Waals surface area contributed by atoms with Gasteiger partial charge in [0.25, 0.3) is 5.69 Å². The molecule has 0 spiro atoms. The summed E-state index contributed by atoms with van der Waals surface area (Å²) in [6, 6.07) is 7.56. The smallest absolute Gasteiger partial charge is 0.258 e. The highest BCUT2D eigenvalue weighted by Gasteiger charge is 2.34. The first-order chi connectivity index (χ1) is 9.71. The van der Waals surface area contributed by atoms with Crippen molar-refractivity contribution in [3.05, 3.63) is 62.7 Å². The lowest BCUT2D eigenvalue weighted by atomic mass is 9.97. The Morgan fingerprint density at radius 2 is 1.86 bits per heavy atom. The molecule has 0 radical (unpaired) electrons. The molecule has 21 heavy (non-hydrogen) atoms. The fraction of sp³-hybridized carbons (Fsp3) is 0.143. The maximum atomic E-state index is 12.9. The van der Waals surface area contributed by atoms with Crippen molar-refractivity contribution >= 4 is 17.3 Å². The zero-order chi connectivity index (χ0) is 15.8. The van der Waals surface area contributed by atoms with Crippen molar-refractivity contribution in [3.63, 3.8) is 0 Å². The Bertz CT molecular complexity index is 714. The number of benzene rings is 2. The lowest BCUT2D eigenvalue weighted by Crippen LogP contribution is -2.07. The van der Waals surface area contributed by atoms with E-state index in [2.05, 4.69) is 0 Å². The first-order valence-electron chi connectivity index (χ1n) is 5.83. The molecule has 7 heteroatoms. The first kappa shape index (κ1) is 15.3. The number of hydrogen-bond donors (Lipinski definition) is 0. The molecule has 0 bridgehead atoms. The van der Waals surface area contributed by atoms with Crippen molar-refractivity contribution in [1.82, 2.24) is 0 Å². The second kappa shape index (κ2) is 5.37. The summed E-state index contributed by atoms with van der Waals surface area (Å²) < 4.78 is 38.7. The second-order valence-corrected chi connectivity index (χ2v) is 4.80. The van der Waals surface area contributed by atoms with E-state index in [0.717, 1.165) is 6.07 Å². The molecule has 3 nitrogen and oxygen atoms in total. The SMILES string of the molecule is Cc1ccc(C(F)(F)F)c(Cl)c1-c1cccc([N+](=O)[O-])c1. The molecule has 2 aromatic carbocycles. The molecule has 0 heterocycles. The number of hydrogen-bond acceptors (Lipinski definition) is 2. The first-order valence-corrected chi connectivity index (χ1v) is 6.20. The number of halogens is 4. The molecule has 110 valence electrons. The summed E-state index contributed by atoms with van der Waals surface area (Å²) >= 11 is 5.88. The third-order valence-corrected chi connectivity index (χ3v) is 3.39. The van der Waals surface area contributed by atoms with Gasteiger partial charge in [0.15, 0.2) is 0 Å². The Labute approximate surface area is 123 Å². The molecule has 0 atom stereocenters. The van der Waals surface area contributed by atoms with Gasteiger partial charge in [-0.05, 0) is 24.1 Å². The van der Waals surface area contributed by atoms with Crippen LogP contribution < -0.4 is 0 Å². The summed E-state index contributed by atoms with van der Waals surface area (Å²) in [5.74, 6) is 0. The van der Waals surface area contributed by atoms with Crippen molar-refractivity contribution < 1.29 is 18.1 Å². The monoisotopic (exact) mass is 315 g/mol. The topological polar surface area (TPSA) is 43.1 Å². The van der Waals surface area contributed by atoms with Crippen LogP contribution in [0.5, 0.6) is 0 Å². The molecule has 0 N–H and O–H groups in total. The molecule has 0 aromatic heterocycles. The van der Waals surface area contributed by atoms with Crippen molar-refractivity contribution in [2.45, 2.75) is 13.1 Å². The highest BCUT2D eigenvalue weighted by atomic mass is 35.5. The van der Waals surface area contributed by atoms with E-state index in [9.17, 15) is 23.3 Å². The third-order valence-electron chi connectivity index (χ3n) is 3.00. The Kier molecular flexibility index (Phi) is 3.91. The van der Waals surface area contributed by atoms with E-state index in [0.29, 0.717) is 5.56 Å². The van der Waals surface area contributed by atoms with Crippen molar-refractivity contribution in [2.75, 3.05) is 0 Å². The van der Waals surface area contributed by atoms with Crippen molar-refractivity contribution in [2.24, 2.45) is 0 Å². The Morgan fingerprint density at radius 1 is 1.19 bits per heavy atom. The Balaban J connectivity index is 2.69. The Morgan fingerprint density at radius 3 is 2.43 bits per heavy atom. The van der Waals surface area contributed by atoms with Crippen LogP contribution in [0.3, 0.4) is 0 Å². The van der Waals surface area contributed by atoms with Gasteiger partial charge in [-0.15, -0.1) is 0 Å². The van der Waals surface area contributed by atoms with Gasteiger partial charge >= 0.3 is 6.18 Å². The van der Waals surface area contributed by atoms with Crippen LogP contribution in [-0.2, 0) is 6.18 Å². The number of nitrogens with zero attached hydrogens (tertiary/aromatic N) is 1. The molecule has 0 aliphatic rings. The van der Waals surface area contributed by atoms with Gasteiger partial charge < -0.3 is 0 Å². The number of non-ortho nitro benzene ring substituents is 1. The van der Waals surface area contributed by atoms with E-state index in [-0.39, 0.29) is 16.8 Å². The highest BCUT2D eigenvalue weighted by Crippen LogP contribution is 2.41. The largest absolute Gasteiger partial charge is 0.417 e. The predicted octanol–water partition coefficient (Wildman–Crippen LogP) is 5.24. The normalized spacial score (nSPS) is 11.5. The zero-order valence-corrected chi connectivity index (χ0v) is 11.5. The van der Waals surface area contributed by atoms with Crippen LogP contribution in [0.4, 0.5) is 18.9 Å². The fourth-order valence-electron chi connectivity index (χ4n) is 2.02. The molecular weight excluding hydrogens is 307 g/mol. The molecular formula is C14H9ClF3NO2. The fourth-order valence-corrected chi connectivity index (χ4v) is 2.45. The van der Waals surface area contributed by atoms with Crippen LogP contribution in [0.25, 0.3) is 11.1 Å². The molecule has 0 saturated carbocycles. The van der Waals surface area contributed by atoms with Crippen LogP contribution >= 0.6 is 11.6 Å². The lowest BCUT2D eigenvalue weighted by Gasteiger charge is -2.15.